The zero-order valence-corrected chi connectivity index (χ0v) is 15.8. The molecule has 1 aliphatic carbocycles. The van der Waals surface area contributed by atoms with E-state index < -0.39 is 11.9 Å². The fourth-order valence-electron chi connectivity index (χ4n) is 3.30. The molecule has 0 aliphatic heterocycles. The highest BCUT2D eigenvalue weighted by Crippen LogP contribution is 2.31. The number of amides is 2. The van der Waals surface area contributed by atoms with Gasteiger partial charge in [-0.15, -0.1) is 0 Å². The zero-order valence-electron chi connectivity index (χ0n) is 15.8. The minimum absolute atomic E-state index is 0.0492. The number of ether oxygens (including phenoxy) is 1. The molecule has 0 radical (unpaired) electrons. The highest BCUT2D eigenvalue weighted by molar-refractivity contribution is 5.92. The lowest BCUT2D eigenvalue weighted by atomic mass is 10.1. The van der Waals surface area contributed by atoms with Crippen LogP contribution in [0.3, 0.4) is 0 Å². The van der Waals surface area contributed by atoms with Gasteiger partial charge in [0.15, 0.2) is 6.61 Å². The molecule has 0 saturated heterocycles. The number of carbonyl (C=O) groups is 3. The van der Waals surface area contributed by atoms with E-state index in [-0.39, 0.29) is 18.9 Å². The van der Waals surface area contributed by atoms with Gasteiger partial charge in [0.2, 0.25) is 5.91 Å². The van der Waals surface area contributed by atoms with E-state index in [1.165, 1.54) is 19.8 Å². The first-order valence-corrected chi connectivity index (χ1v) is 9.37. The van der Waals surface area contributed by atoms with Gasteiger partial charge in [0.05, 0.1) is 18.7 Å². The summed E-state index contributed by atoms with van der Waals surface area (Å²) in [5.41, 5.74) is 1.39. The van der Waals surface area contributed by atoms with Crippen molar-refractivity contribution in [1.82, 2.24) is 9.78 Å². The lowest BCUT2D eigenvalue weighted by Crippen LogP contribution is -2.23. The second kappa shape index (κ2) is 9.16. The number of carbonyl (C=O) groups excluding carboxylic acids is 3. The molecular weight excluding hydrogens is 360 g/mol. The molecule has 148 valence electrons. The Morgan fingerprint density at radius 3 is 2.50 bits per heavy atom. The predicted octanol–water partition coefficient (Wildman–Crippen LogP) is 2.68. The van der Waals surface area contributed by atoms with Gasteiger partial charge in [-0.05, 0) is 30.5 Å². The Morgan fingerprint density at radius 2 is 1.82 bits per heavy atom. The van der Waals surface area contributed by atoms with Crippen LogP contribution in [0.5, 0.6) is 0 Å². The number of benzene rings is 1. The van der Waals surface area contributed by atoms with Crippen molar-refractivity contribution in [2.45, 2.75) is 45.1 Å². The Morgan fingerprint density at radius 1 is 1.11 bits per heavy atom. The summed E-state index contributed by atoms with van der Waals surface area (Å²) in [4.78, 5) is 35.1. The number of hydrogen-bond donors (Lipinski definition) is 2. The molecule has 8 nitrogen and oxygen atoms in total. The Balaban J connectivity index is 1.45. The molecule has 8 heteroatoms. The minimum atomic E-state index is -0.494. The van der Waals surface area contributed by atoms with Crippen molar-refractivity contribution in [2.75, 3.05) is 17.2 Å². The molecule has 0 unspecified atom stereocenters. The number of esters is 1. The summed E-state index contributed by atoms with van der Waals surface area (Å²) in [6.45, 7) is 1.08. The van der Waals surface area contributed by atoms with Crippen molar-refractivity contribution in [1.29, 1.82) is 0 Å². The van der Waals surface area contributed by atoms with Crippen molar-refractivity contribution < 1.29 is 19.1 Å². The summed E-state index contributed by atoms with van der Waals surface area (Å²) in [7, 11) is 0. The normalized spacial score (nSPS) is 13.9. The summed E-state index contributed by atoms with van der Waals surface area (Å²) in [6, 6.07) is 8.93. The van der Waals surface area contributed by atoms with Crippen LogP contribution in [0.2, 0.25) is 0 Å². The van der Waals surface area contributed by atoms with E-state index in [2.05, 4.69) is 15.7 Å². The van der Waals surface area contributed by atoms with E-state index >= 15 is 0 Å². The second-order valence-electron chi connectivity index (χ2n) is 6.86. The second-order valence-corrected chi connectivity index (χ2v) is 6.86. The van der Waals surface area contributed by atoms with E-state index in [1.807, 2.05) is 4.68 Å². The molecule has 1 aromatic carbocycles. The van der Waals surface area contributed by atoms with E-state index in [4.69, 9.17) is 4.74 Å². The molecule has 0 atom stereocenters. The van der Waals surface area contributed by atoms with Gasteiger partial charge in [-0.3, -0.25) is 14.4 Å². The van der Waals surface area contributed by atoms with Gasteiger partial charge in [-0.25, -0.2) is 4.68 Å². The molecule has 1 heterocycles. The van der Waals surface area contributed by atoms with Crippen LogP contribution in [0.15, 0.2) is 36.5 Å². The van der Waals surface area contributed by atoms with Crippen LogP contribution in [0.25, 0.3) is 0 Å². The molecule has 1 aromatic heterocycles. The molecule has 3 rings (SSSR count). The molecule has 0 bridgehead atoms. The van der Waals surface area contributed by atoms with Crippen molar-refractivity contribution >= 4 is 29.3 Å². The maximum atomic E-state index is 12.1. The lowest BCUT2D eigenvalue weighted by Gasteiger charge is -2.14. The van der Waals surface area contributed by atoms with Gasteiger partial charge < -0.3 is 15.4 Å². The SMILES string of the molecule is CC(=O)Nc1ccc(CC(=O)OCC(=O)Nc2ccnn2C2CCCC2)cc1. The average molecular weight is 384 g/mol. The smallest absolute Gasteiger partial charge is 0.310 e. The van der Waals surface area contributed by atoms with Crippen LogP contribution >= 0.6 is 0 Å². The van der Waals surface area contributed by atoms with E-state index in [0.717, 1.165) is 18.4 Å². The summed E-state index contributed by atoms with van der Waals surface area (Å²) in [6.07, 6.45) is 6.15. The molecule has 1 aliphatic rings. The Kier molecular flexibility index (Phi) is 6.41. The van der Waals surface area contributed by atoms with Crippen molar-refractivity contribution in [3.63, 3.8) is 0 Å². The topological polar surface area (TPSA) is 102 Å². The van der Waals surface area contributed by atoms with E-state index in [0.29, 0.717) is 17.5 Å². The number of hydrogen-bond acceptors (Lipinski definition) is 5. The third-order valence-electron chi connectivity index (χ3n) is 4.60. The van der Waals surface area contributed by atoms with Gasteiger partial charge in [0, 0.05) is 18.7 Å². The molecule has 2 amide bonds. The summed E-state index contributed by atoms with van der Waals surface area (Å²) < 4.78 is 6.90. The molecule has 1 fully saturated rings. The Hall–Kier alpha value is -3.16. The maximum absolute atomic E-state index is 12.1. The Bertz CT molecular complexity index is 838. The maximum Gasteiger partial charge on any atom is 0.310 e. The third-order valence-corrected chi connectivity index (χ3v) is 4.60. The van der Waals surface area contributed by atoms with Gasteiger partial charge in [0.25, 0.3) is 5.91 Å². The third kappa shape index (κ3) is 5.42. The molecule has 1 saturated carbocycles. The minimum Gasteiger partial charge on any atom is -0.455 e. The molecule has 2 aromatic rings. The summed E-state index contributed by atoms with van der Waals surface area (Å²) in [5.74, 6) is -0.421. The van der Waals surface area contributed by atoms with E-state index in [1.54, 1.807) is 36.5 Å². The standard InChI is InChI=1S/C20H24N4O4/c1-14(25)22-16-8-6-15(7-9-16)12-20(27)28-13-19(26)23-18-10-11-21-24(18)17-4-2-3-5-17/h6-11,17H,2-5,12-13H2,1H3,(H,22,25)(H,23,26). The fraction of sp³-hybridized carbons (Fsp3) is 0.400. The number of nitrogens with one attached hydrogen (secondary N) is 2. The van der Waals surface area contributed by atoms with Gasteiger partial charge >= 0.3 is 5.97 Å². The quantitative estimate of drug-likeness (QED) is 0.715. The monoisotopic (exact) mass is 384 g/mol. The van der Waals surface area contributed by atoms with Crippen LogP contribution < -0.4 is 10.6 Å². The number of aromatic nitrogens is 2. The van der Waals surface area contributed by atoms with Crippen molar-refractivity contribution in [3.05, 3.63) is 42.1 Å². The number of nitrogens with zero attached hydrogens (tertiary/aromatic N) is 2. The highest BCUT2D eigenvalue weighted by Gasteiger charge is 2.20. The zero-order chi connectivity index (χ0) is 19.9. The van der Waals surface area contributed by atoms with Gasteiger partial charge in [-0.1, -0.05) is 25.0 Å². The van der Waals surface area contributed by atoms with Gasteiger partial charge in [-0.2, -0.15) is 5.10 Å². The largest absolute Gasteiger partial charge is 0.455 e. The van der Waals surface area contributed by atoms with Crippen LogP contribution in [0.4, 0.5) is 11.5 Å². The van der Waals surface area contributed by atoms with Crippen LogP contribution in [-0.4, -0.2) is 34.2 Å². The molecular formula is C20H24N4O4. The number of anilines is 2. The number of rotatable bonds is 7. The van der Waals surface area contributed by atoms with Crippen molar-refractivity contribution in [3.8, 4) is 0 Å². The van der Waals surface area contributed by atoms with E-state index in [9.17, 15) is 14.4 Å². The predicted molar refractivity (Wildman–Crippen MR) is 104 cm³/mol. The van der Waals surface area contributed by atoms with Crippen LogP contribution in [0, 0.1) is 0 Å². The summed E-state index contributed by atoms with van der Waals surface area (Å²) >= 11 is 0. The molecule has 28 heavy (non-hydrogen) atoms. The first-order chi connectivity index (χ1) is 13.5. The van der Waals surface area contributed by atoms with Crippen LogP contribution in [0.1, 0.15) is 44.2 Å². The average Bonchev–Trinajstić information content (AvgIpc) is 3.32. The van der Waals surface area contributed by atoms with Crippen molar-refractivity contribution in [2.24, 2.45) is 0 Å². The molecule has 2 N–H and O–H groups in total. The first-order valence-electron chi connectivity index (χ1n) is 9.37. The lowest BCUT2D eigenvalue weighted by molar-refractivity contribution is -0.146. The molecule has 0 spiro atoms. The summed E-state index contributed by atoms with van der Waals surface area (Å²) in [5, 5.41) is 9.71. The first kappa shape index (κ1) is 19.6. The van der Waals surface area contributed by atoms with Gasteiger partial charge in [0.1, 0.15) is 5.82 Å². The Labute approximate surface area is 163 Å². The van der Waals surface area contributed by atoms with Crippen LogP contribution in [-0.2, 0) is 25.5 Å². The highest BCUT2D eigenvalue weighted by atomic mass is 16.5. The fourth-order valence-corrected chi connectivity index (χ4v) is 3.30.